The first-order chi connectivity index (χ1) is 15.2. The maximum absolute atomic E-state index is 13.8. The van der Waals surface area contributed by atoms with Gasteiger partial charge >= 0.3 is 5.97 Å². The van der Waals surface area contributed by atoms with Crippen LogP contribution in [0.2, 0.25) is 5.02 Å². The molecule has 0 atom stereocenters. The molecule has 0 fully saturated rings. The number of para-hydroxylation sites is 1. The van der Waals surface area contributed by atoms with Crippen molar-refractivity contribution in [3.8, 4) is 11.5 Å². The maximum atomic E-state index is 13.8. The molecule has 164 valence electrons. The molecule has 0 saturated heterocycles. The van der Waals surface area contributed by atoms with Crippen LogP contribution in [0.15, 0.2) is 71.6 Å². The lowest BCUT2D eigenvalue weighted by atomic mass is 10.1. The van der Waals surface area contributed by atoms with Gasteiger partial charge in [-0.3, -0.25) is 4.79 Å². The van der Waals surface area contributed by atoms with Crippen LogP contribution < -0.4 is 4.74 Å². The Morgan fingerprint density at radius 3 is 2.44 bits per heavy atom. The fourth-order valence-electron chi connectivity index (χ4n) is 3.55. The van der Waals surface area contributed by atoms with E-state index in [4.69, 9.17) is 16.3 Å². The number of halogens is 2. The number of aliphatic carboxylic acids is 1. The number of ether oxygens (including phenoxy) is 1. The van der Waals surface area contributed by atoms with Crippen molar-refractivity contribution in [1.82, 2.24) is 3.97 Å². The van der Waals surface area contributed by atoms with E-state index >= 15 is 0 Å². The molecule has 1 aromatic heterocycles. The molecule has 1 heterocycles. The fraction of sp³-hybridized carbons (Fsp3) is 0.0870. The molecule has 0 aliphatic heterocycles. The van der Waals surface area contributed by atoms with Crippen molar-refractivity contribution in [2.45, 2.75) is 18.2 Å². The molecule has 4 rings (SSSR count). The normalized spacial score (nSPS) is 11.6. The molecular weight excluding hydrogens is 457 g/mol. The largest absolute Gasteiger partial charge is 0.481 e. The third-order valence-electron chi connectivity index (χ3n) is 5.00. The first-order valence-corrected chi connectivity index (χ1v) is 11.3. The van der Waals surface area contributed by atoms with E-state index in [1.165, 1.54) is 37.3 Å². The van der Waals surface area contributed by atoms with Gasteiger partial charge in [-0.2, -0.15) is 0 Å². The van der Waals surface area contributed by atoms with E-state index in [1.807, 2.05) is 0 Å². The molecule has 0 spiro atoms. The lowest BCUT2D eigenvalue weighted by Crippen LogP contribution is -2.15. The van der Waals surface area contributed by atoms with Crippen molar-refractivity contribution in [3.05, 3.63) is 88.8 Å². The van der Waals surface area contributed by atoms with Crippen LogP contribution in [-0.2, 0) is 21.2 Å². The van der Waals surface area contributed by atoms with Crippen LogP contribution in [0.25, 0.3) is 10.9 Å². The second kappa shape index (κ2) is 8.29. The van der Waals surface area contributed by atoms with Crippen LogP contribution in [0, 0.1) is 12.7 Å². The standard InChI is InChI=1S/C23H17ClFNO5S/c1-14-18(13-23(27)28)19-12-15(25)6-11-21(19)26(14)32(29,30)17-9-7-16(8-10-17)31-22-5-3-2-4-20(22)24/h2-12H,13H2,1H3,(H,27,28). The predicted octanol–water partition coefficient (Wildman–Crippen LogP) is 5.40. The van der Waals surface area contributed by atoms with Gasteiger partial charge in [0.25, 0.3) is 10.0 Å². The minimum Gasteiger partial charge on any atom is -0.481 e. The summed E-state index contributed by atoms with van der Waals surface area (Å²) >= 11 is 6.09. The molecule has 1 N–H and O–H groups in total. The monoisotopic (exact) mass is 473 g/mol. The van der Waals surface area contributed by atoms with Gasteiger partial charge in [0.2, 0.25) is 0 Å². The molecule has 4 aromatic rings. The molecule has 0 aliphatic carbocycles. The molecule has 9 heteroatoms. The highest BCUT2D eigenvalue weighted by molar-refractivity contribution is 7.90. The van der Waals surface area contributed by atoms with Gasteiger partial charge in [0.15, 0.2) is 0 Å². The Balaban J connectivity index is 1.78. The van der Waals surface area contributed by atoms with E-state index in [-0.39, 0.29) is 27.1 Å². The molecule has 0 bridgehead atoms. The molecule has 32 heavy (non-hydrogen) atoms. The zero-order valence-corrected chi connectivity index (χ0v) is 18.3. The number of nitrogens with zero attached hydrogens (tertiary/aromatic N) is 1. The van der Waals surface area contributed by atoms with Crippen LogP contribution in [0.3, 0.4) is 0 Å². The molecule has 0 amide bonds. The molecule has 0 unspecified atom stereocenters. The number of fused-ring (bicyclic) bond motifs is 1. The van der Waals surface area contributed by atoms with Gasteiger partial charge in [-0.1, -0.05) is 23.7 Å². The zero-order chi connectivity index (χ0) is 23.0. The summed E-state index contributed by atoms with van der Waals surface area (Å²) in [5, 5.41) is 9.90. The van der Waals surface area contributed by atoms with Crippen molar-refractivity contribution in [2.75, 3.05) is 0 Å². The predicted molar refractivity (Wildman–Crippen MR) is 119 cm³/mol. The summed E-state index contributed by atoms with van der Waals surface area (Å²) in [6.07, 6.45) is -0.432. The van der Waals surface area contributed by atoms with Crippen LogP contribution in [0.4, 0.5) is 4.39 Å². The minimum absolute atomic E-state index is 0.0322. The number of carbonyl (C=O) groups is 1. The number of carboxylic acid groups (broad SMARTS) is 1. The highest BCUT2D eigenvalue weighted by Crippen LogP contribution is 2.33. The summed E-state index contributed by atoms with van der Waals surface area (Å²) in [6, 6.07) is 16.3. The van der Waals surface area contributed by atoms with Gasteiger partial charge in [-0.15, -0.1) is 0 Å². The van der Waals surface area contributed by atoms with Gasteiger partial charge in [-0.25, -0.2) is 16.8 Å². The second-order valence-electron chi connectivity index (χ2n) is 7.07. The van der Waals surface area contributed by atoms with Crippen molar-refractivity contribution in [1.29, 1.82) is 0 Å². The Labute approximate surface area is 188 Å². The van der Waals surface area contributed by atoms with Crippen molar-refractivity contribution in [2.24, 2.45) is 0 Å². The average Bonchev–Trinajstić information content (AvgIpc) is 3.01. The van der Waals surface area contributed by atoms with Crippen molar-refractivity contribution < 1.29 is 27.4 Å². The van der Waals surface area contributed by atoms with E-state index in [0.717, 1.165) is 16.1 Å². The van der Waals surface area contributed by atoms with Crippen LogP contribution in [-0.4, -0.2) is 23.5 Å². The van der Waals surface area contributed by atoms with E-state index < -0.39 is 28.2 Å². The van der Waals surface area contributed by atoms with Gasteiger partial charge in [0, 0.05) is 11.1 Å². The molecule has 0 saturated carbocycles. The maximum Gasteiger partial charge on any atom is 0.307 e. The van der Waals surface area contributed by atoms with Crippen LogP contribution in [0.1, 0.15) is 11.3 Å². The molecular formula is C23H17ClFNO5S. The Bertz CT molecular complexity index is 1450. The van der Waals surface area contributed by atoms with Gasteiger partial charge in [-0.05, 0) is 67.1 Å². The van der Waals surface area contributed by atoms with Crippen LogP contribution in [0.5, 0.6) is 11.5 Å². The number of carboxylic acids is 1. The van der Waals surface area contributed by atoms with Gasteiger partial charge in [0.05, 0.1) is 21.9 Å². The van der Waals surface area contributed by atoms with E-state index in [2.05, 4.69) is 0 Å². The van der Waals surface area contributed by atoms with Gasteiger partial charge in [0.1, 0.15) is 17.3 Å². The number of hydrogen-bond acceptors (Lipinski definition) is 4. The van der Waals surface area contributed by atoms with E-state index in [1.54, 1.807) is 24.3 Å². The number of aromatic nitrogens is 1. The first-order valence-electron chi connectivity index (χ1n) is 9.48. The smallest absolute Gasteiger partial charge is 0.307 e. The molecule has 6 nitrogen and oxygen atoms in total. The third-order valence-corrected chi connectivity index (χ3v) is 7.13. The van der Waals surface area contributed by atoms with Crippen molar-refractivity contribution >= 4 is 38.5 Å². The molecule has 3 aromatic carbocycles. The molecule has 0 aliphatic rings. The topological polar surface area (TPSA) is 85.6 Å². The summed E-state index contributed by atoms with van der Waals surface area (Å²) in [5.74, 6) is -0.910. The van der Waals surface area contributed by atoms with E-state index in [0.29, 0.717) is 16.5 Å². The third kappa shape index (κ3) is 3.94. The minimum atomic E-state index is -4.10. The summed E-state index contributed by atoms with van der Waals surface area (Å²) < 4.78 is 47.5. The first kappa shape index (κ1) is 21.9. The van der Waals surface area contributed by atoms with Crippen LogP contribution >= 0.6 is 11.6 Å². The summed E-state index contributed by atoms with van der Waals surface area (Å²) in [6.45, 7) is 1.50. The summed E-state index contributed by atoms with van der Waals surface area (Å²) in [5.41, 5.74) is 0.662. The Kier molecular flexibility index (Phi) is 5.66. The zero-order valence-electron chi connectivity index (χ0n) is 16.7. The highest BCUT2D eigenvalue weighted by Gasteiger charge is 2.26. The van der Waals surface area contributed by atoms with Crippen molar-refractivity contribution in [3.63, 3.8) is 0 Å². The number of benzene rings is 3. The second-order valence-corrected chi connectivity index (χ2v) is 9.26. The fourth-order valence-corrected chi connectivity index (χ4v) is 5.30. The Hall–Kier alpha value is -3.36. The number of rotatable bonds is 6. The average molecular weight is 474 g/mol. The lowest BCUT2D eigenvalue weighted by Gasteiger charge is -2.12. The summed E-state index contributed by atoms with van der Waals surface area (Å²) in [7, 11) is -4.10. The quantitative estimate of drug-likeness (QED) is 0.405. The lowest BCUT2D eigenvalue weighted by molar-refractivity contribution is -0.136. The van der Waals surface area contributed by atoms with E-state index in [9.17, 15) is 22.7 Å². The Morgan fingerprint density at radius 1 is 1.09 bits per heavy atom. The summed E-state index contributed by atoms with van der Waals surface area (Å²) in [4.78, 5) is 11.3. The van der Waals surface area contributed by atoms with Gasteiger partial charge < -0.3 is 9.84 Å². The molecule has 0 radical (unpaired) electrons. The number of hydrogen-bond donors (Lipinski definition) is 1. The Morgan fingerprint density at radius 2 is 1.78 bits per heavy atom. The highest BCUT2D eigenvalue weighted by atomic mass is 35.5. The SMILES string of the molecule is Cc1c(CC(=O)O)c2cc(F)ccc2n1S(=O)(=O)c1ccc(Oc2ccccc2Cl)cc1.